The van der Waals surface area contributed by atoms with Gasteiger partial charge in [-0.15, -0.1) is 0 Å². The highest BCUT2D eigenvalue weighted by atomic mass is 32.2. The number of nitrogens with one attached hydrogen (secondary N) is 1. The van der Waals surface area contributed by atoms with Gasteiger partial charge in [0.25, 0.3) is 0 Å². The number of nitrogens with zero attached hydrogens (tertiary/aromatic N) is 3. The molecule has 0 saturated carbocycles. The molecule has 0 bridgehead atoms. The standard InChI is InChI=1S/C18H32N4O3S/c1-6-26(24,25)21-9-7-16(8-10-21)19-18(23)11-17-14(4)20-22(15(17)5)12-13(2)3/h13,16H,6-12H2,1-5H3,(H,19,23). The highest BCUT2D eigenvalue weighted by Crippen LogP contribution is 2.17. The smallest absolute Gasteiger partial charge is 0.224 e. The first-order valence-corrected chi connectivity index (χ1v) is 11.0. The normalized spacial score (nSPS) is 17.0. The Hall–Kier alpha value is -1.41. The van der Waals surface area contributed by atoms with Gasteiger partial charge in [-0.2, -0.15) is 5.10 Å². The maximum Gasteiger partial charge on any atom is 0.224 e. The molecule has 0 atom stereocenters. The second kappa shape index (κ2) is 8.52. The van der Waals surface area contributed by atoms with Crippen LogP contribution in [-0.4, -0.2) is 53.3 Å². The minimum Gasteiger partial charge on any atom is -0.353 e. The predicted molar refractivity (Wildman–Crippen MR) is 102 cm³/mol. The van der Waals surface area contributed by atoms with E-state index in [1.54, 1.807) is 6.92 Å². The number of hydrogen-bond acceptors (Lipinski definition) is 4. The summed E-state index contributed by atoms with van der Waals surface area (Å²) in [6.07, 6.45) is 1.65. The summed E-state index contributed by atoms with van der Waals surface area (Å²) in [5, 5.41) is 7.62. The Morgan fingerprint density at radius 3 is 2.42 bits per heavy atom. The zero-order valence-corrected chi connectivity index (χ0v) is 17.4. The SMILES string of the molecule is CCS(=O)(=O)N1CCC(NC(=O)Cc2c(C)nn(CC(C)C)c2C)CC1. The van der Waals surface area contributed by atoms with Crippen LogP contribution in [0.15, 0.2) is 0 Å². The first kappa shape index (κ1) is 20.9. The van der Waals surface area contributed by atoms with Crippen molar-refractivity contribution in [3.63, 3.8) is 0 Å². The zero-order valence-electron chi connectivity index (χ0n) is 16.6. The van der Waals surface area contributed by atoms with Crippen LogP contribution in [-0.2, 0) is 27.8 Å². The molecular weight excluding hydrogens is 352 g/mol. The summed E-state index contributed by atoms with van der Waals surface area (Å²) >= 11 is 0. The van der Waals surface area contributed by atoms with E-state index in [9.17, 15) is 13.2 Å². The second-order valence-corrected chi connectivity index (χ2v) is 9.80. The fourth-order valence-corrected chi connectivity index (χ4v) is 4.55. The highest BCUT2D eigenvalue weighted by molar-refractivity contribution is 7.89. The van der Waals surface area contributed by atoms with E-state index in [1.165, 1.54) is 4.31 Å². The van der Waals surface area contributed by atoms with E-state index < -0.39 is 10.0 Å². The van der Waals surface area contributed by atoms with Crippen LogP contribution in [0.3, 0.4) is 0 Å². The first-order chi connectivity index (χ1) is 12.1. The molecule has 0 aromatic carbocycles. The van der Waals surface area contributed by atoms with Crippen molar-refractivity contribution in [2.75, 3.05) is 18.8 Å². The zero-order chi connectivity index (χ0) is 19.5. The van der Waals surface area contributed by atoms with Gasteiger partial charge in [0.05, 0.1) is 17.9 Å². The summed E-state index contributed by atoms with van der Waals surface area (Å²) in [7, 11) is -3.13. The Morgan fingerprint density at radius 1 is 1.27 bits per heavy atom. The van der Waals surface area contributed by atoms with E-state index in [0.717, 1.165) is 23.5 Å². The Bertz CT molecular complexity index is 732. The van der Waals surface area contributed by atoms with Gasteiger partial charge in [-0.1, -0.05) is 13.8 Å². The average molecular weight is 385 g/mol. The van der Waals surface area contributed by atoms with E-state index in [1.807, 2.05) is 18.5 Å². The molecule has 2 heterocycles. The number of carbonyl (C=O) groups excluding carboxylic acids is 1. The molecule has 1 aromatic rings. The van der Waals surface area contributed by atoms with Crippen molar-refractivity contribution >= 4 is 15.9 Å². The molecule has 0 radical (unpaired) electrons. The molecule has 1 amide bonds. The molecule has 0 aliphatic carbocycles. The van der Waals surface area contributed by atoms with Gasteiger partial charge in [-0.25, -0.2) is 12.7 Å². The van der Waals surface area contributed by atoms with Crippen LogP contribution in [0, 0.1) is 19.8 Å². The van der Waals surface area contributed by atoms with Crippen molar-refractivity contribution in [3.8, 4) is 0 Å². The molecule has 26 heavy (non-hydrogen) atoms. The number of carbonyl (C=O) groups is 1. The molecule has 1 saturated heterocycles. The summed E-state index contributed by atoms with van der Waals surface area (Å²) in [5.41, 5.74) is 2.95. The molecule has 7 nitrogen and oxygen atoms in total. The maximum absolute atomic E-state index is 12.5. The lowest BCUT2D eigenvalue weighted by molar-refractivity contribution is -0.121. The molecule has 148 valence electrons. The molecule has 8 heteroatoms. The number of aryl methyl sites for hydroxylation is 1. The van der Waals surface area contributed by atoms with Crippen molar-refractivity contribution in [1.29, 1.82) is 0 Å². The largest absolute Gasteiger partial charge is 0.353 e. The Balaban J connectivity index is 1.91. The van der Waals surface area contributed by atoms with Gasteiger partial charge in [-0.05, 0) is 39.5 Å². The molecule has 1 aromatic heterocycles. The molecule has 0 unspecified atom stereocenters. The highest BCUT2D eigenvalue weighted by Gasteiger charge is 2.27. The van der Waals surface area contributed by atoms with E-state index in [4.69, 9.17) is 0 Å². The van der Waals surface area contributed by atoms with Crippen molar-refractivity contribution < 1.29 is 13.2 Å². The van der Waals surface area contributed by atoms with Crippen LogP contribution >= 0.6 is 0 Å². The quantitative estimate of drug-likeness (QED) is 0.774. The van der Waals surface area contributed by atoms with E-state index >= 15 is 0 Å². The van der Waals surface area contributed by atoms with Crippen LogP contribution in [0.2, 0.25) is 0 Å². The van der Waals surface area contributed by atoms with Gasteiger partial charge >= 0.3 is 0 Å². The minimum absolute atomic E-state index is 0.0166. The van der Waals surface area contributed by atoms with E-state index in [2.05, 4.69) is 24.3 Å². The second-order valence-electron chi connectivity index (χ2n) is 7.54. The lowest BCUT2D eigenvalue weighted by atomic mass is 10.1. The topological polar surface area (TPSA) is 84.3 Å². The van der Waals surface area contributed by atoms with Crippen molar-refractivity contribution in [2.24, 2.45) is 5.92 Å². The predicted octanol–water partition coefficient (Wildman–Crippen LogP) is 1.63. The molecule has 0 spiro atoms. The van der Waals surface area contributed by atoms with Gasteiger partial charge < -0.3 is 5.32 Å². The lowest BCUT2D eigenvalue weighted by Crippen LogP contribution is -2.47. The number of piperidine rings is 1. The van der Waals surface area contributed by atoms with Crippen molar-refractivity contribution in [1.82, 2.24) is 19.4 Å². The lowest BCUT2D eigenvalue weighted by Gasteiger charge is -2.31. The van der Waals surface area contributed by atoms with Gasteiger partial charge in [0.15, 0.2) is 0 Å². The number of aromatic nitrogens is 2. The van der Waals surface area contributed by atoms with Gasteiger partial charge in [0, 0.05) is 36.9 Å². The van der Waals surface area contributed by atoms with Crippen LogP contribution in [0.4, 0.5) is 0 Å². The molecular formula is C18H32N4O3S. The fourth-order valence-electron chi connectivity index (χ4n) is 3.41. The third kappa shape index (κ3) is 5.07. The summed E-state index contributed by atoms with van der Waals surface area (Å²) in [5.74, 6) is 0.611. The molecule has 1 aliphatic rings. The number of rotatable bonds is 7. The Labute approximate surface area is 157 Å². The molecule has 1 fully saturated rings. The third-order valence-corrected chi connectivity index (χ3v) is 6.87. The number of hydrogen-bond donors (Lipinski definition) is 1. The van der Waals surface area contributed by atoms with Gasteiger partial charge in [0.2, 0.25) is 15.9 Å². The summed E-state index contributed by atoms with van der Waals surface area (Å²) < 4.78 is 27.3. The fraction of sp³-hybridized carbons (Fsp3) is 0.778. The first-order valence-electron chi connectivity index (χ1n) is 9.44. The van der Waals surface area contributed by atoms with Crippen LogP contribution in [0.5, 0.6) is 0 Å². The summed E-state index contributed by atoms with van der Waals surface area (Å²) in [6.45, 7) is 11.7. The van der Waals surface area contributed by atoms with Gasteiger partial charge in [0.1, 0.15) is 0 Å². The van der Waals surface area contributed by atoms with Gasteiger partial charge in [-0.3, -0.25) is 9.48 Å². The number of sulfonamides is 1. The van der Waals surface area contributed by atoms with E-state index in [-0.39, 0.29) is 17.7 Å². The molecule has 1 aliphatic heterocycles. The van der Waals surface area contributed by atoms with Crippen LogP contribution in [0.25, 0.3) is 0 Å². The van der Waals surface area contributed by atoms with E-state index in [0.29, 0.717) is 38.3 Å². The summed E-state index contributed by atoms with van der Waals surface area (Å²) in [4.78, 5) is 12.5. The summed E-state index contributed by atoms with van der Waals surface area (Å²) in [6, 6.07) is 0.0390. The number of amides is 1. The molecule has 2 rings (SSSR count). The minimum atomic E-state index is -3.13. The monoisotopic (exact) mass is 384 g/mol. The van der Waals surface area contributed by atoms with Crippen LogP contribution < -0.4 is 5.32 Å². The van der Waals surface area contributed by atoms with Crippen molar-refractivity contribution in [2.45, 2.75) is 66.5 Å². The Kier molecular flexibility index (Phi) is 6.85. The average Bonchev–Trinajstić information content (AvgIpc) is 2.82. The third-order valence-electron chi connectivity index (χ3n) is 4.98. The van der Waals surface area contributed by atoms with Crippen molar-refractivity contribution in [3.05, 3.63) is 17.0 Å². The molecule has 1 N–H and O–H groups in total. The van der Waals surface area contributed by atoms with Crippen LogP contribution in [0.1, 0.15) is 50.6 Å². The Morgan fingerprint density at radius 2 is 1.88 bits per heavy atom. The maximum atomic E-state index is 12.5.